The van der Waals surface area contributed by atoms with Crippen LogP contribution in [0.1, 0.15) is 38.5 Å². The molecule has 3 nitrogen and oxygen atoms in total. The molecule has 164 valence electrons. The monoisotopic (exact) mass is 468 g/mol. The molecule has 1 amide bonds. The first-order valence-corrected chi connectivity index (χ1v) is 12.8. The average molecular weight is 469 g/mol. The van der Waals surface area contributed by atoms with Gasteiger partial charge < -0.3 is 4.90 Å². The van der Waals surface area contributed by atoms with Crippen molar-refractivity contribution in [1.29, 1.82) is 0 Å². The van der Waals surface area contributed by atoms with Crippen molar-refractivity contribution in [3.8, 4) is 0 Å². The summed E-state index contributed by atoms with van der Waals surface area (Å²) in [5.74, 6) is 0.0348. The molecule has 1 aliphatic rings. The van der Waals surface area contributed by atoms with Crippen LogP contribution in [0.25, 0.3) is 6.08 Å². The van der Waals surface area contributed by atoms with Gasteiger partial charge in [-0.2, -0.15) is 0 Å². The fraction of sp³-hybridized carbons (Fsp3) is 0.143. The predicted octanol–water partition coefficient (Wildman–Crippen LogP) is 6.69. The standard InChI is InChI=1S/C28H24N2OS2/c31-27(30-18-10-19-30)26-25(32-21-29-26)17-20-33-28(22-11-4-1-5-12-22,23-13-6-2-7-14-23)24-15-8-3-9-16-24/h1-9,11-17,20-21H,10,18-19H2. The van der Waals surface area contributed by atoms with E-state index in [-0.39, 0.29) is 5.91 Å². The quantitative estimate of drug-likeness (QED) is 0.284. The maximum atomic E-state index is 12.8. The summed E-state index contributed by atoms with van der Waals surface area (Å²) < 4.78 is -0.424. The van der Waals surface area contributed by atoms with Gasteiger partial charge in [-0.15, -0.1) is 23.1 Å². The molecule has 0 unspecified atom stereocenters. The highest BCUT2D eigenvalue weighted by Gasteiger charge is 2.36. The van der Waals surface area contributed by atoms with Crippen LogP contribution in [0.3, 0.4) is 0 Å². The summed E-state index contributed by atoms with van der Waals surface area (Å²) >= 11 is 3.26. The zero-order valence-electron chi connectivity index (χ0n) is 18.1. The van der Waals surface area contributed by atoms with Crippen molar-refractivity contribution < 1.29 is 4.79 Å². The van der Waals surface area contributed by atoms with Crippen LogP contribution in [0.4, 0.5) is 0 Å². The zero-order valence-corrected chi connectivity index (χ0v) is 19.8. The highest BCUT2D eigenvalue weighted by atomic mass is 32.2. The Morgan fingerprint density at radius 2 is 1.36 bits per heavy atom. The van der Waals surface area contributed by atoms with E-state index in [0.29, 0.717) is 5.69 Å². The van der Waals surface area contributed by atoms with Crippen LogP contribution >= 0.6 is 23.1 Å². The van der Waals surface area contributed by atoms with Gasteiger partial charge in [-0.3, -0.25) is 4.79 Å². The molecular weight excluding hydrogens is 444 g/mol. The number of carbonyl (C=O) groups excluding carboxylic acids is 1. The number of benzene rings is 3. The molecule has 1 saturated heterocycles. The van der Waals surface area contributed by atoms with Gasteiger partial charge in [0.2, 0.25) is 0 Å². The molecule has 0 radical (unpaired) electrons. The zero-order chi connectivity index (χ0) is 22.5. The van der Waals surface area contributed by atoms with Crippen LogP contribution in [0.2, 0.25) is 0 Å². The lowest BCUT2D eigenvalue weighted by Gasteiger charge is -2.34. The Hall–Kier alpha value is -3.15. The number of aromatic nitrogens is 1. The minimum absolute atomic E-state index is 0.0348. The number of hydrogen-bond acceptors (Lipinski definition) is 4. The maximum absolute atomic E-state index is 12.8. The fourth-order valence-corrected chi connectivity index (χ4v) is 6.10. The van der Waals surface area contributed by atoms with Crippen LogP contribution in [0.15, 0.2) is 102 Å². The number of likely N-dealkylation sites (tertiary alicyclic amines) is 1. The van der Waals surface area contributed by atoms with Crippen LogP contribution in [-0.2, 0) is 4.75 Å². The van der Waals surface area contributed by atoms with E-state index in [1.807, 2.05) is 11.0 Å². The second-order valence-electron chi connectivity index (χ2n) is 7.91. The number of thioether (sulfide) groups is 1. The van der Waals surface area contributed by atoms with E-state index in [0.717, 1.165) is 24.4 Å². The number of carbonyl (C=O) groups is 1. The molecule has 2 heterocycles. The van der Waals surface area contributed by atoms with Crippen LogP contribution in [-0.4, -0.2) is 28.9 Å². The van der Waals surface area contributed by atoms with Gasteiger partial charge in [0.25, 0.3) is 5.91 Å². The van der Waals surface area contributed by atoms with Gasteiger partial charge in [-0.05, 0) is 34.6 Å². The summed E-state index contributed by atoms with van der Waals surface area (Å²) in [6.07, 6.45) is 3.11. The summed E-state index contributed by atoms with van der Waals surface area (Å²) in [5.41, 5.74) is 5.94. The molecule has 1 aromatic heterocycles. The maximum Gasteiger partial charge on any atom is 0.273 e. The third-order valence-corrected chi connectivity index (χ3v) is 8.07. The highest BCUT2D eigenvalue weighted by molar-refractivity contribution is 8.03. The molecule has 33 heavy (non-hydrogen) atoms. The third-order valence-electron chi connectivity index (χ3n) is 5.95. The van der Waals surface area contributed by atoms with E-state index >= 15 is 0 Å². The van der Waals surface area contributed by atoms with Gasteiger partial charge in [0.15, 0.2) is 0 Å². The molecule has 0 N–H and O–H groups in total. The van der Waals surface area contributed by atoms with Gasteiger partial charge >= 0.3 is 0 Å². The predicted molar refractivity (Wildman–Crippen MR) is 138 cm³/mol. The molecule has 0 atom stereocenters. The Kier molecular flexibility index (Phi) is 6.42. The lowest BCUT2D eigenvalue weighted by Crippen LogP contribution is -2.42. The highest BCUT2D eigenvalue weighted by Crippen LogP contribution is 2.49. The molecule has 4 aromatic rings. The van der Waals surface area contributed by atoms with Crippen molar-refractivity contribution in [2.75, 3.05) is 13.1 Å². The second-order valence-corrected chi connectivity index (χ2v) is 9.92. The number of thiazole rings is 1. The Balaban J connectivity index is 1.56. The first-order chi connectivity index (χ1) is 16.3. The number of rotatable bonds is 7. The van der Waals surface area contributed by atoms with E-state index < -0.39 is 4.75 Å². The largest absolute Gasteiger partial charge is 0.337 e. The van der Waals surface area contributed by atoms with Gasteiger partial charge in [-0.25, -0.2) is 4.98 Å². The van der Waals surface area contributed by atoms with E-state index in [1.54, 1.807) is 17.3 Å². The van der Waals surface area contributed by atoms with Gasteiger partial charge in [-0.1, -0.05) is 91.0 Å². The van der Waals surface area contributed by atoms with Crippen molar-refractivity contribution in [2.24, 2.45) is 0 Å². The molecule has 3 aromatic carbocycles. The number of hydrogen-bond donors (Lipinski definition) is 0. The van der Waals surface area contributed by atoms with E-state index in [1.165, 1.54) is 28.0 Å². The molecule has 0 spiro atoms. The van der Waals surface area contributed by atoms with Gasteiger partial charge in [0.05, 0.1) is 15.1 Å². The van der Waals surface area contributed by atoms with Crippen LogP contribution in [0, 0.1) is 0 Å². The summed E-state index contributed by atoms with van der Waals surface area (Å²) in [7, 11) is 0. The van der Waals surface area contributed by atoms with Crippen molar-refractivity contribution in [3.63, 3.8) is 0 Å². The summed E-state index contributed by atoms with van der Waals surface area (Å²) in [5, 5.41) is 2.12. The van der Waals surface area contributed by atoms with Gasteiger partial charge in [0.1, 0.15) is 5.69 Å². The van der Waals surface area contributed by atoms with Crippen LogP contribution < -0.4 is 0 Å². The van der Waals surface area contributed by atoms with E-state index in [4.69, 9.17) is 0 Å². The Morgan fingerprint density at radius 1 is 0.848 bits per heavy atom. The molecule has 0 bridgehead atoms. The smallest absolute Gasteiger partial charge is 0.273 e. The fourth-order valence-electron chi connectivity index (χ4n) is 4.12. The number of nitrogens with zero attached hydrogens (tertiary/aromatic N) is 2. The molecule has 1 aliphatic heterocycles. The summed E-state index contributed by atoms with van der Waals surface area (Å²) in [6, 6.07) is 31.8. The first kappa shape index (κ1) is 21.7. The van der Waals surface area contributed by atoms with Crippen LogP contribution in [0.5, 0.6) is 0 Å². The first-order valence-electron chi connectivity index (χ1n) is 11.0. The second kappa shape index (κ2) is 9.77. The Labute approximate surface area is 202 Å². The van der Waals surface area contributed by atoms with Crippen molar-refractivity contribution in [2.45, 2.75) is 11.2 Å². The Bertz CT molecular complexity index is 1140. The lowest BCUT2D eigenvalue weighted by atomic mass is 9.84. The number of amides is 1. The van der Waals surface area contributed by atoms with E-state index in [2.05, 4.69) is 101 Å². The topological polar surface area (TPSA) is 33.2 Å². The molecule has 5 rings (SSSR count). The molecule has 1 fully saturated rings. The SMILES string of the molecule is O=C(c1ncsc1C=CSC(c1ccccc1)(c1ccccc1)c1ccccc1)N1CCC1. The normalized spacial score (nSPS) is 13.8. The molecule has 5 heteroatoms. The lowest BCUT2D eigenvalue weighted by molar-refractivity contribution is 0.0646. The minimum Gasteiger partial charge on any atom is -0.337 e. The van der Waals surface area contributed by atoms with Crippen molar-refractivity contribution in [1.82, 2.24) is 9.88 Å². The molecule has 0 saturated carbocycles. The molecule has 0 aliphatic carbocycles. The third kappa shape index (κ3) is 4.26. The average Bonchev–Trinajstić information content (AvgIpc) is 3.31. The van der Waals surface area contributed by atoms with Crippen molar-refractivity contribution >= 4 is 35.1 Å². The van der Waals surface area contributed by atoms with Gasteiger partial charge in [0, 0.05) is 13.1 Å². The molecular formula is C28H24N2OS2. The summed E-state index contributed by atoms with van der Waals surface area (Å²) in [6.45, 7) is 1.65. The summed E-state index contributed by atoms with van der Waals surface area (Å²) in [4.78, 5) is 19.9. The minimum atomic E-state index is -0.424. The van der Waals surface area contributed by atoms with E-state index in [9.17, 15) is 4.79 Å². The Morgan fingerprint density at radius 3 is 1.82 bits per heavy atom. The van der Waals surface area contributed by atoms with Crippen molar-refractivity contribution in [3.05, 3.63) is 129 Å².